The number of amides is 1. The van der Waals surface area contributed by atoms with E-state index in [0.29, 0.717) is 22.5 Å². The van der Waals surface area contributed by atoms with E-state index >= 15 is 0 Å². The maximum Gasteiger partial charge on any atom is 0.227 e. The molecule has 5 nitrogen and oxygen atoms in total. The number of rotatable bonds is 3. The zero-order valence-electron chi connectivity index (χ0n) is 14.6. The third-order valence-electron chi connectivity index (χ3n) is 5.04. The number of H-pyrrole nitrogens is 1. The predicted octanol–water partition coefficient (Wildman–Crippen LogP) is 3.96. The maximum atomic E-state index is 13.3. The molecule has 1 aliphatic rings. The monoisotopic (exact) mass is 370 g/mol. The molecular formula is C20H20F2N4O. The number of imidazole rings is 1. The Balaban J connectivity index is 1.49. The number of aromatic amines is 1. The summed E-state index contributed by atoms with van der Waals surface area (Å²) in [5.41, 5.74) is 8.18. The summed E-state index contributed by atoms with van der Waals surface area (Å²) in [7, 11) is 0. The number of anilines is 1. The molecule has 0 aliphatic heterocycles. The van der Waals surface area contributed by atoms with Gasteiger partial charge in [-0.25, -0.2) is 13.8 Å². The fraction of sp³-hybridized carbons (Fsp3) is 0.300. The van der Waals surface area contributed by atoms with Gasteiger partial charge in [-0.3, -0.25) is 4.79 Å². The van der Waals surface area contributed by atoms with Crippen LogP contribution in [0.4, 0.5) is 14.5 Å². The van der Waals surface area contributed by atoms with Gasteiger partial charge in [-0.15, -0.1) is 0 Å². The van der Waals surface area contributed by atoms with Crippen molar-refractivity contribution in [3.63, 3.8) is 0 Å². The highest BCUT2D eigenvalue weighted by Crippen LogP contribution is 2.26. The lowest BCUT2D eigenvalue weighted by atomic mass is 9.85. The Kier molecular flexibility index (Phi) is 4.61. The van der Waals surface area contributed by atoms with E-state index in [1.165, 1.54) is 0 Å². The van der Waals surface area contributed by atoms with Gasteiger partial charge in [-0.05, 0) is 43.5 Å². The van der Waals surface area contributed by atoms with E-state index in [-0.39, 0.29) is 17.9 Å². The average molecular weight is 370 g/mol. The van der Waals surface area contributed by atoms with E-state index in [2.05, 4.69) is 15.3 Å². The van der Waals surface area contributed by atoms with Gasteiger partial charge in [0.1, 0.15) is 5.82 Å². The van der Waals surface area contributed by atoms with Crippen molar-refractivity contribution in [3.05, 3.63) is 48.0 Å². The van der Waals surface area contributed by atoms with Crippen LogP contribution in [0.15, 0.2) is 36.4 Å². The molecule has 0 saturated heterocycles. The van der Waals surface area contributed by atoms with Crippen molar-refractivity contribution in [3.8, 4) is 11.4 Å². The van der Waals surface area contributed by atoms with Crippen LogP contribution in [0.25, 0.3) is 22.4 Å². The lowest BCUT2D eigenvalue weighted by Gasteiger charge is -2.25. The molecule has 1 fully saturated rings. The number of nitrogens with one attached hydrogen (secondary N) is 2. The first-order valence-corrected chi connectivity index (χ1v) is 9.01. The van der Waals surface area contributed by atoms with Gasteiger partial charge in [0.05, 0.1) is 11.0 Å². The van der Waals surface area contributed by atoms with E-state index in [9.17, 15) is 13.6 Å². The van der Waals surface area contributed by atoms with Crippen LogP contribution in [0.5, 0.6) is 0 Å². The standard InChI is InChI=1S/C20H20F2N4O/c21-15-9-17-18(10-16(15)22)26-19(25-17)11-4-6-14(7-5-11)24-20(27)12-2-1-3-13(23)8-12/h4-7,9-10,12-13H,1-3,8,23H2,(H,24,27)(H,25,26). The molecule has 7 heteroatoms. The number of halogens is 2. The van der Waals surface area contributed by atoms with Crippen LogP contribution in [-0.4, -0.2) is 21.9 Å². The van der Waals surface area contributed by atoms with Crippen LogP contribution < -0.4 is 11.1 Å². The van der Waals surface area contributed by atoms with E-state index in [1.807, 2.05) is 0 Å². The zero-order valence-corrected chi connectivity index (χ0v) is 14.6. The van der Waals surface area contributed by atoms with Crippen LogP contribution in [0.1, 0.15) is 25.7 Å². The number of hydrogen-bond donors (Lipinski definition) is 3. The van der Waals surface area contributed by atoms with E-state index in [4.69, 9.17) is 5.73 Å². The van der Waals surface area contributed by atoms with Crippen LogP contribution in [0.2, 0.25) is 0 Å². The van der Waals surface area contributed by atoms with Gasteiger partial charge in [-0.2, -0.15) is 0 Å². The molecule has 1 amide bonds. The quantitative estimate of drug-likeness (QED) is 0.652. The molecule has 1 saturated carbocycles. The molecule has 140 valence electrons. The number of hydrogen-bond acceptors (Lipinski definition) is 3. The molecule has 0 radical (unpaired) electrons. The first-order valence-electron chi connectivity index (χ1n) is 9.01. The Morgan fingerprint density at radius 1 is 1.15 bits per heavy atom. The van der Waals surface area contributed by atoms with Gasteiger partial charge in [0.25, 0.3) is 0 Å². The molecule has 1 heterocycles. The first kappa shape index (κ1) is 17.6. The van der Waals surface area contributed by atoms with Gasteiger partial charge in [0.15, 0.2) is 11.6 Å². The summed E-state index contributed by atoms with van der Waals surface area (Å²) in [6.45, 7) is 0. The van der Waals surface area contributed by atoms with Gasteiger partial charge < -0.3 is 16.0 Å². The van der Waals surface area contributed by atoms with Crippen molar-refractivity contribution in [2.24, 2.45) is 11.7 Å². The van der Waals surface area contributed by atoms with E-state index < -0.39 is 11.6 Å². The fourth-order valence-corrected chi connectivity index (χ4v) is 3.56. The summed E-state index contributed by atoms with van der Waals surface area (Å²) in [5.74, 6) is -1.40. The number of aromatic nitrogens is 2. The SMILES string of the molecule is NC1CCCC(C(=O)Nc2ccc(-c3nc4cc(F)c(F)cc4[nH]3)cc2)C1. The van der Waals surface area contributed by atoms with Gasteiger partial charge >= 0.3 is 0 Å². The predicted molar refractivity (Wildman–Crippen MR) is 100 cm³/mol. The zero-order chi connectivity index (χ0) is 19.0. The van der Waals surface area contributed by atoms with Gasteiger partial charge in [0.2, 0.25) is 5.91 Å². The molecule has 27 heavy (non-hydrogen) atoms. The van der Waals surface area contributed by atoms with Gasteiger partial charge in [-0.1, -0.05) is 6.42 Å². The molecule has 1 aromatic heterocycles. The second-order valence-electron chi connectivity index (χ2n) is 7.06. The largest absolute Gasteiger partial charge is 0.338 e. The number of carbonyl (C=O) groups is 1. The summed E-state index contributed by atoms with van der Waals surface area (Å²) in [5, 5.41) is 2.93. The minimum atomic E-state index is -0.930. The molecule has 3 aromatic rings. The average Bonchev–Trinajstić information content (AvgIpc) is 3.05. The molecule has 0 bridgehead atoms. The van der Waals surface area contributed by atoms with Crippen LogP contribution in [0, 0.1) is 17.6 Å². The second kappa shape index (κ2) is 7.08. The first-order chi connectivity index (χ1) is 13.0. The minimum absolute atomic E-state index is 0.00686. The summed E-state index contributed by atoms with van der Waals surface area (Å²) in [6.07, 6.45) is 3.54. The summed E-state index contributed by atoms with van der Waals surface area (Å²) in [6, 6.07) is 9.41. The molecule has 4 N–H and O–H groups in total. The Hall–Kier alpha value is -2.80. The minimum Gasteiger partial charge on any atom is -0.338 e. The normalized spacial score (nSPS) is 20.0. The van der Waals surface area contributed by atoms with E-state index in [0.717, 1.165) is 43.4 Å². The Bertz CT molecular complexity index is 945. The molecule has 0 spiro atoms. The number of fused-ring (bicyclic) bond motifs is 1. The van der Waals surface area contributed by atoms with Crippen molar-refractivity contribution in [1.29, 1.82) is 0 Å². The Morgan fingerprint density at radius 3 is 2.63 bits per heavy atom. The highest BCUT2D eigenvalue weighted by molar-refractivity contribution is 5.93. The number of benzene rings is 2. The van der Waals surface area contributed by atoms with Crippen molar-refractivity contribution in [1.82, 2.24) is 9.97 Å². The van der Waals surface area contributed by atoms with E-state index in [1.54, 1.807) is 24.3 Å². The van der Waals surface area contributed by atoms with Crippen LogP contribution in [-0.2, 0) is 4.79 Å². The molecule has 4 rings (SSSR count). The molecule has 2 aromatic carbocycles. The number of nitrogens with zero attached hydrogens (tertiary/aromatic N) is 1. The summed E-state index contributed by atoms with van der Waals surface area (Å²) >= 11 is 0. The smallest absolute Gasteiger partial charge is 0.227 e. The second-order valence-corrected chi connectivity index (χ2v) is 7.06. The van der Waals surface area contributed by atoms with Crippen LogP contribution in [0.3, 0.4) is 0 Å². The number of carbonyl (C=O) groups excluding carboxylic acids is 1. The van der Waals surface area contributed by atoms with Crippen molar-refractivity contribution < 1.29 is 13.6 Å². The molecule has 1 aliphatic carbocycles. The lowest BCUT2D eigenvalue weighted by Crippen LogP contribution is -2.34. The number of nitrogens with two attached hydrogens (primary N) is 1. The Morgan fingerprint density at radius 2 is 1.89 bits per heavy atom. The van der Waals surface area contributed by atoms with Crippen molar-refractivity contribution in [2.45, 2.75) is 31.7 Å². The van der Waals surface area contributed by atoms with Crippen molar-refractivity contribution in [2.75, 3.05) is 5.32 Å². The fourth-order valence-electron chi connectivity index (χ4n) is 3.56. The van der Waals surface area contributed by atoms with Crippen molar-refractivity contribution >= 4 is 22.6 Å². The molecule has 2 unspecified atom stereocenters. The summed E-state index contributed by atoms with van der Waals surface area (Å²) in [4.78, 5) is 19.7. The van der Waals surface area contributed by atoms with Crippen LogP contribution >= 0.6 is 0 Å². The Labute approximate surface area is 155 Å². The highest BCUT2D eigenvalue weighted by atomic mass is 19.2. The lowest BCUT2D eigenvalue weighted by molar-refractivity contribution is -0.120. The highest BCUT2D eigenvalue weighted by Gasteiger charge is 2.25. The maximum absolute atomic E-state index is 13.3. The topological polar surface area (TPSA) is 83.8 Å². The third-order valence-corrected chi connectivity index (χ3v) is 5.04. The molecule has 2 atom stereocenters. The summed E-state index contributed by atoms with van der Waals surface area (Å²) < 4.78 is 26.7. The third kappa shape index (κ3) is 3.68. The van der Waals surface area contributed by atoms with Gasteiger partial charge in [0, 0.05) is 35.3 Å². The molecular weight excluding hydrogens is 350 g/mol.